The molecule has 0 aliphatic carbocycles. The van der Waals surface area contributed by atoms with Gasteiger partial charge in [-0.25, -0.2) is 9.97 Å². The first-order chi connectivity index (χ1) is 15.7. The molecule has 4 aromatic rings. The maximum absolute atomic E-state index is 5.05. The van der Waals surface area contributed by atoms with Crippen molar-refractivity contribution in [2.75, 3.05) is 13.1 Å². The average Bonchev–Trinajstić information content (AvgIpc) is 3.57. The molecule has 164 valence electrons. The largest absolute Gasteiger partial charge is 0.316 e. The Morgan fingerprint density at radius 3 is 2.47 bits per heavy atom. The Hall–Kier alpha value is -3.32. The highest BCUT2D eigenvalue weighted by molar-refractivity contribution is 5.71. The Balaban J connectivity index is 1.45. The van der Waals surface area contributed by atoms with E-state index in [1.165, 1.54) is 12.8 Å². The fraction of sp³-hybridized carbons (Fsp3) is 0.360. The molecule has 1 atom stereocenters. The number of aromatic nitrogens is 6. The minimum absolute atomic E-state index is 0.765. The quantitative estimate of drug-likeness (QED) is 0.485. The molecule has 1 unspecified atom stereocenters. The predicted octanol–water partition coefficient (Wildman–Crippen LogP) is 3.88. The Bertz CT molecular complexity index is 1200. The zero-order valence-electron chi connectivity index (χ0n) is 18.7. The minimum atomic E-state index is 0.765. The zero-order valence-corrected chi connectivity index (χ0v) is 18.7. The summed E-state index contributed by atoms with van der Waals surface area (Å²) in [7, 11) is 3.87. The summed E-state index contributed by atoms with van der Waals surface area (Å²) in [5, 5.41) is 12.1. The van der Waals surface area contributed by atoms with E-state index in [2.05, 4.69) is 39.8 Å². The van der Waals surface area contributed by atoms with E-state index in [0.29, 0.717) is 0 Å². The molecule has 0 spiro atoms. The van der Waals surface area contributed by atoms with Crippen molar-refractivity contribution in [3.05, 3.63) is 60.9 Å². The monoisotopic (exact) mass is 427 g/mol. The van der Waals surface area contributed by atoms with E-state index < -0.39 is 0 Å². The fourth-order valence-corrected chi connectivity index (χ4v) is 4.48. The standard InChI is InChI=1S/C25H29N7/c1-31-16-21(13-28-31)19-6-4-7-20(11-19)25-27-15-23(22-14-29-32(2)17-22)24(30-25)8-3-5-18-9-10-26-12-18/h4,6-7,11,13-18,26H,3,5,8-10,12H2,1-2H3. The minimum Gasteiger partial charge on any atom is -0.316 e. The fourth-order valence-electron chi connectivity index (χ4n) is 4.48. The number of benzene rings is 1. The molecule has 7 heteroatoms. The van der Waals surface area contributed by atoms with Crippen LogP contribution in [0.1, 0.15) is 25.0 Å². The normalized spacial score (nSPS) is 16.0. The van der Waals surface area contributed by atoms with Crippen LogP contribution in [0.15, 0.2) is 55.2 Å². The Labute approximate surface area is 188 Å². The molecule has 7 nitrogen and oxygen atoms in total. The van der Waals surface area contributed by atoms with Crippen LogP contribution in [0, 0.1) is 5.92 Å². The lowest BCUT2D eigenvalue weighted by Gasteiger charge is -2.12. The van der Waals surface area contributed by atoms with Crippen molar-refractivity contribution in [2.24, 2.45) is 20.0 Å². The summed E-state index contributed by atoms with van der Waals surface area (Å²) in [5.74, 6) is 1.55. The summed E-state index contributed by atoms with van der Waals surface area (Å²) < 4.78 is 3.65. The van der Waals surface area contributed by atoms with Gasteiger partial charge in [0.15, 0.2) is 5.82 Å². The van der Waals surface area contributed by atoms with Gasteiger partial charge in [-0.2, -0.15) is 10.2 Å². The summed E-state index contributed by atoms with van der Waals surface area (Å²) >= 11 is 0. The van der Waals surface area contributed by atoms with Crippen molar-refractivity contribution in [2.45, 2.75) is 25.7 Å². The number of nitrogens with zero attached hydrogens (tertiary/aromatic N) is 6. The molecular formula is C25H29N7. The molecule has 5 rings (SSSR count). The molecule has 1 saturated heterocycles. The third-order valence-electron chi connectivity index (χ3n) is 6.23. The van der Waals surface area contributed by atoms with E-state index in [4.69, 9.17) is 9.97 Å². The van der Waals surface area contributed by atoms with Crippen LogP contribution in [0.25, 0.3) is 33.6 Å². The van der Waals surface area contributed by atoms with Crippen LogP contribution in [0.2, 0.25) is 0 Å². The van der Waals surface area contributed by atoms with Gasteiger partial charge < -0.3 is 5.32 Å². The van der Waals surface area contributed by atoms with Crippen LogP contribution >= 0.6 is 0 Å². The first-order valence-corrected chi connectivity index (χ1v) is 11.3. The highest BCUT2D eigenvalue weighted by Crippen LogP contribution is 2.28. The van der Waals surface area contributed by atoms with Crippen LogP contribution in [-0.4, -0.2) is 42.6 Å². The molecule has 0 saturated carbocycles. The summed E-state index contributed by atoms with van der Waals surface area (Å²) in [6.07, 6.45) is 14.4. The highest BCUT2D eigenvalue weighted by atomic mass is 15.2. The molecule has 0 bridgehead atoms. The van der Waals surface area contributed by atoms with Crippen molar-refractivity contribution >= 4 is 0 Å². The van der Waals surface area contributed by atoms with Crippen molar-refractivity contribution in [3.8, 4) is 33.6 Å². The average molecular weight is 428 g/mol. The third kappa shape index (κ3) is 4.48. The lowest BCUT2D eigenvalue weighted by atomic mass is 9.98. The van der Waals surface area contributed by atoms with Gasteiger partial charge in [-0.15, -0.1) is 0 Å². The van der Waals surface area contributed by atoms with Gasteiger partial charge in [0.05, 0.1) is 18.1 Å². The van der Waals surface area contributed by atoms with E-state index in [0.717, 1.165) is 71.2 Å². The van der Waals surface area contributed by atoms with Gasteiger partial charge in [0.1, 0.15) is 0 Å². The second kappa shape index (κ2) is 9.04. The first-order valence-electron chi connectivity index (χ1n) is 11.3. The van der Waals surface area contributed by atoms with Gasteiger partial charge in [-0.3, -0.25) is 9.36 Å². The number of aryl methyl sites for hydroxylation is 3. The number of nitrogens with one attached hydrogen (secondary N) is 1. The highest BCUT2D eigenvalue weighted by Gasteiger charge is 2.16. The molecular weight excluding hydrogens is 398 g/mol. The van der Waals surface area contributed by atoms with Crippen molar-refractivity contribution in [1.29, 1.82) is 0 Å². The predicted molar refractivity (Wildman–Crippen MR) is 126 cm³/mol. The zero-order chi connectivity index (χ0) is 21.9. The molecule has 32 heavy (non-hydrogen) atoms. The molecule has 1 aromatic carbocycles. The van der Waals surface area contributed by atoms with Crippen LogP contribution < -0.4 is 5.32 Å². The van der Waals surface area contributed by atoms with Gasteiger partial charge in [0.2, 0.25) is 0 Å². The van der Waals surface area contributed by atoms with Gasteiger partial charge in [0, 0.05) is 54.9 Å². The van der Waals surface area contributed by atoms with Crippen molar-refractivity contribution in [3.63, 3.8) is 0 Å². The number of rotatable bonds is 7. The number of hydrogen-bond donors (Lipinski definition) is 1. The maximum atomic E-state index is 5.05. The van der Waals surface area contributed by atoms with Crippen LogP contribution in [0.4, 0.5) is 0 Å². The second-order valence-corrected chi connectivity index (χ2v) is 8.69. The lowest BCUT2D eigenvalue weighted by molar-refractivity contribution is 0.508. The van der Waals surface area contributed by atoms with E-state index >= 15 is 0 Å². The summed E-state index contributed by atoms with van der Waals surface area (Å²) in [4.78, 5) is 9.79. The third-order valence-corrected chi connectivity index (χ3v) is 6.23. The van der Waals surface area contributed by atoms with E-state index in [9.17, 15) is 0 Å². The lowest BCUT2D eigenvalue weighted by Crippen LogP contribution is -2.09. The van der Waals surface area contributed by atoms with E-state index in [-0.39, 0.29) is 0 Å². The Morgan fingerprint density at radius 2 is 1.75 bits per heavy atom. The molecule has 1 aliphatic rings. The molecule has 4 heterocycles. The Kier molecular flexibility index (Phi) is 5.81. The summed E-state index contributed by atoms with van der Waals surface area (Å²) in [6, 6.07) is 8.38. The summed E-state index contributed by atoms with van der Waals surface area (Å²) in [6.45, 7) is 2.29. The summed E-state index contributed by atoms with van der Waals surface area (Å²) in [5.41, 5.74) is 6.47. The molecule has 0 radical (unpaired) electrons. The Morgan fingerprint density at radius 1 is 0.969 bits per heavy atom. The van der Waals surface area contributed by atoms with Gasteiger partial charge >= 0.3 is 0 Å². The molecule has 0 amide bonds. The van der Waals surface area contributed by atoms with E-state index in [1.807, 2.05) is 54.4 Å². The van der Waals surface area contributed by atoms with E-state index in [1.54, 1.807) is 0 Å². The smallest absolute Gasteiger partial charge is 0.159 e. The molecule has 1 aliphatic heterocycles. The van der Waals surface area contributed by atoms with Crippen molar-refractivity contribution < 1.29 is 0 Å². The molecule has 3 aromatic heterocycles. The van der Waals surface area contributed by atoms with Crippen molar-refractivity contribution in [1.82, 2.24) is 34.8 Å². The van der Waals surface area contributed by atoms with Crippen LogP contribution in [-0.2, 0) is 20.5 Å². The molecule has 1 fully saturated rings. The van der Waals surface area contributed by atoms with Crippen LogP contribution in [0.5, 0.6) is 0 Å². The maximum Gasteiger partial charge on any atom is 0.159 e. The second-order valence-electron chi connectivity index (χ2n) is 8.69. The molecule has 1 N–H and O–H groups in total. The van der Waals surface area contributed by atoms with Gasteiger partial charge in [-0.05, 0) is 56.3 Å². The first kappa shape index (κ1) is 20.6. The number of hydrogen-bond acceptors (Lipinski definition) is 5. The van der Waals surface area contributed by atoms with Crippen LogP contribution in [0.3, 0.4) is 0 Å². The van der Waals surface area contributed by atoms with Gasteiger partial charge in [0.25, 0.3) is 0 Å². The van der Waals surface area contributed by atoms with Gasteiger partial charge in [-0.1, -0.05) is 18.2 Å². The SMILES string of the molecule is Cn1cc(-c2cccc(-c3ncc(-c4cnn(C)c4)c(CCCC4CCNC4)n3)c2)cn1. The topological polar surface area (TPSA) is 73.5 Å².